The summed E-state index contributed by atoms with van der Waals surface area (Å²) in [7, 11) is 1.57. The van der Waals surface area contributed by atoms with Gasteiger partial charge in [0.2, 0.25) is 6.34 Å². The van der Waals surface area contributed by atoms with Crippen molar-refractivity contribution in [2.75, 3.05) is 13.6 Å². The van der Waals surface area contributed by atoms with Crippen molar-refractivity contribution >= 4 is 28.8 Å². The fourth-order valence-corrected chi connectivity index (χ4v) is 2.60. The lowest BCUT2D eigenvalue weighted by Crippen LogP contribution is -2.32. The molecule has 0 atom stereocenters. The molecule has 2 amide bonds. The lowest BCUT2D eigenvalue weighted by Gasteiger charge is -2.04. The quantitative estimate of drug-likeness (QED) is 0.196. The van der Waals surface area contributed by atoms with Crippen LogP contribution in [0.25, 0.3) is 11.4 Å². The maximum Gasteiger partial charge on any atom is 0.343 e. The minimum Gasteiger partial charge on any atom is -0.341 e. The summed E-state index contributed by atoms with van der Waals surface area (Å²) in [6.45, 7) is 4.57. The van der Waals surface area contributed by atoms with Crippen molar-refractivity contribution in [1.29, 1.82) is 0 Å². The van der Waals surface area contributed by atoms with E-state index in [-0.39, 0.29) is 6.03 Å². The van der Waals surface area contributed by atoms with Crippen molar-refractivity contribution in [2.24, 2.45) is 5.73 Å². The van der Waals surface area contributed by atoms with Gasteiger partial charge in [0, 0.05) is 12.4 Å². The second kappa shape index (κ2) is 8.63. The number of amides is 2. The van der Waals surface area contributed by atoms with Crippen molar-refractivity contribution in [1.82, 2.24) is 26.0 Å². The van der Waals surface area contributed by atoms with Gasteiger partial charge in [-0.25, -0.2) is 9.78 Å². The fraction of sp³-hybridized carbons (Fsp3) is 0.200. The van der Waals surface area contributed by atoms with E-state index in [2.05, 4.69) is 32.6 Å². The second-order valence-corrected chi connectivity index (χ2v) is 5.47. The summed E-state index contributed by atoms with van der Waals surface area (Å²) < 4.78 is 1.63. The molecule has 2 rings (SSSR count). The molecule has 0 saturated heterocycles. The number of carbonyl (C=O) groups excluding carboxylic acids is 1. The first kappa shape index (κ1) is 17.4. The number of nitrogens with one attached hydrogen (secondary N) is 3. The van der Waals surface area contributed by atoms with Gasteiger partial charge in [0.05, 0.1) is 18.8 Å². The van der Waals surface area contributed by atoms with Crippen LogP contribution in [-0.2, 0) is 6.54 Å². The zero-order valence-electron chi connectivity index (χ0n) is 13.3. The summed E-state index contributed by atoms with van der Waals surface area (Å²) in [4.78, 5) is 20.3. The summed E-state index contributed by atoms with van der Waals surface area (Å²) in [5.41, 5.74) is 10.9. The van der Waals surface area contributed by atoms with Gasteiger partial charge in [-0.2, -0.15) is 0 Å². The number of hydrazine groups is 1. The van der Waals surface area contributed by atoms with E-state index in [1.54, 1.807) is 17.8 Å². The third-order valence-electron chi connectivity index (χ3n) is 2.98. The van der Waals surface area contributed by atoms with Crippen LogP contribution in [0, 0.1) is 0 Å². The Morgan fingerprint density at radius 3 is 2.96 bits per heavy atom. The SMILES string of the molecule is C=CCN[N+](=CN)c1nc(-c2cccc(CNC(=O)NC)n2)cs1. The molecule has 24 heavy (non-hydrogen) atoms. The van der Waals surface area contributed by atoms with Crippen LogP contribution in [0.2, 0.25) is 0 Å². The molecular formula is C15H20N7OS+. The Balaban J connectivity index is 2.14. The molecule has 0 aromatic carbocycles. The number of hydrazone groups is 1. The average molecular weight is 346 g/mol. The molecule has 2 heterocycles. The van der Waals surface area contributed by atoms with Crippen molar-refractivity contribution in [3.8, 4) is 11.4 Å². The van der Waals surface area contributed by atoms with Gasteiger partial charge in [0.15, 0.2) is 5.69 Å². The van der Waals surface area contributed by atoms with Crippen LogP contribution < -0.4 is 21.8 Å². The Kier molecular flexibility index (Phi) is 6.26. The molecule has 9 heteroatoms. The predicted molar refractivity (Wildman–Crippen MR) is 95.0 cm³/mol. The van der Waals surface area contributed by atoms with E-state index in [0.717, 1.165) is 17.1 Å². The van der Waals surface area contributed by atoms with E-state index in [1.165, 1.54) is 17.7 Å². The number of nitrogens with zero attached hydrogens (tertiary/aromatic N) is 3. The van der Waals surface area contributed by atoms with Crippen molar-refractivity contribution in [3.05, 3.63) is 41.9 Å². The van der Waals surface area contributed by atoms with E-state index in [1.807, 2.05) is 23.6 Å². The molecule has 0 unspecified atom stereocenters. The standard InChI is InChI=1S/C15H19N7OS/c1-3-7-19-22(10-16)15-21-13(9-24-15)12-6-4-5-11(20-12)8-18-14(23)17-2/h3-6,9-10,16,19H,1,7-8H2,2H3,(H2,17,18,23)/p+1. The average Bonchev–Trinajstić information content (AvgIpc) is 3.10. The smallest absolute Gasteiger partial charge is 0.341 e. The molecule has 0 bridgehead atoms. The maximum absolute atomic E-state index is 11.2. The minimum atomic E-state index is -0.249. The molecular weight excluding hydrogens is 326 g/mol. The molecule has 0 fully saturated rings. The number of rotatable bonds is 7. The molecule has 0 radical (unpaired) electrons. The largest absolute Gasteiger partial charge is 0.343 e. The molecule has 126 valence electrons. The fourth-order valence-electron chi connectivity index (χ4n) is 1.82. The van der Waals surface area contributed by atoms with Gasteiger partial charge in [0.1, 0.15) is 5.69 Å². The minimum absolute atomic E-state index is 0.249. The second-order valence-electron chi connectivity index (χ2n) is 4.63. The summed E-state index contributed by atoms with van der Waals surface area (Å²) in [6, 6.07) is 5.35. The van der Waals surface area contributed by atoms with Crippen LogP contribution in [0.4, 0.5) is 9.93 Å². The zero-order valence-corrected chi connectivity index (χ0v) is 14.1. The third-order valence-corrected chi connectivity index (χ3v) is 3.82. The summed E-state index contributed by atoms with van der Waals surface area (Å²) in [5, 5.41) is 7.80. The van der Waals surface area contributed by atoms with E-state index >= 15 is 0 Å². The zero-order chi connectivity index (χ0) is 17.4. The highest BCUT2D eigenvalue weighted by atomic mass is 32.1. The number of nitrogens with two attached hydrogens (primary N) is 1. The van der Waals surface area contributed by atoms with Gasteiger partial charge in [-0.05, 0) is 12.1 Å². The van der Waals surface area contributed by atoms with E-state index in [9.17, 15) is 4.79 Å². The number of hydrogen-bond acceptors (Lipinski definition) is 5. The Labute approximate surface area is 144 Å². The summed E-state index contributed by atoms with van der Waals surface area (Å²) in [5.74, 6) is 0. The molecule has 0 saturated carbocycles. The number of urea groups is 1. The molecule has 0 aliphatic rings. The highest BCUT2D eigenvalue weighted by molar-refractivity contribution is 7.13. The van der Waals surface area contributed by atoms with Gasteiger partial charge in [-0.15, -0.1) is 11.3 Å². The molecule has 0 aliphatic heterocycles. The Morgan fingerprint density at radius 1 is 1.42 bits per heavy atom. The highest BCUT2D eigenvalue weighted by Crippen LogP contribution is 2.24. The van der Waals surface area contributed by atoms with Gasteiger partial charge in [-0.1, -0.05) is 28.5 Å². The molecule has 2 aromatic heterocycles. The predicted octanol–water partition coefficient (Wildman–Crippen LogP) is 0.956. The van der Waals surface area contributed by atoms with Crippen LogP contribution in [0.1, 0.15) is 5.69 Å². The summed E-state index contributed by atoms with van der Waals surface area (Å²) in [6.07, 6.45) is 3.14. The first-order chi connectivity index (χ1) is 11.7. The number of pyridine rings is 1. The van der Waals surface area contributed by atoms with Gasteiger partial charge >= 0.3 is 11.2 Å². The Bertz CT molecular complexity index is 741. The number of aromatic nitrogens is 2. The van der Waals surface area contributed by atoms with Crippen LogP contribution in [0.3, 0.4) is 0 Å². The van der Waals surface area contributed by atoms with E-state index in [0.29, 0.717) is 18.2 Å². The van der Waals surface area contributed by atoms with Gasteiger partial charge in [0.25, 0.3) is 0 Å². The summed E-state index contributed by atoms with van der Waals surface area (Å²) >= 11 is 1.44. The van der Waals surface area contributed by atoms with E-state index < -0.39 is 0 Å². The first-order valence-electron chi connectivity index (χ1n) is 7.24. The monoisotopic (exact) mass is 346 g/mol. The third kappa shape index (κ3) is 4.53. The Hall–Kier alpha value is -2.94. The Morgan fingerprint density at radius 2 is 2.25 bits per heavy atom. The molecule has 0 spiro atoms. The van der Waals surface area contributed by atoms with E-state index in [4.69, 9.17) is 5.73 Å². The first-order valence-corrected chi connectivity index (χ1v) is 8.12. The van der Waals surface area contributed by atoms with Gasteiger partial charge in [-0.3, -0.25) is 5.43 Å². The van der Waals surface area contributed by atoms with Crippen LogP contribution >= 0.6 is 11.3 Å². The van der Waals surface area contributed by atoms with Crippen molar-refractivity contribution in [3.63, 3.8) is 0 Å². The molecule has 8 nitrogen and oxygen atoms in total. The lowest BCUT2D eigenvalue weighted by molar-refractivity contribution is -0.501. The van der Waals surface area contributed by atoms with Crippen LogP contribution in [0.5, 0.6) is 0 Å². The maximum atomic E-state index is 11.2. The highest BCUT2D eigenvalue weighted by Gasteiger charge is 2.15. The lowest BCUT2D eigenvalue weighted by atomic mass is 10.2. The van der Waals surface area contributed by atoms with Crippen molar-refractivity contribution < 1.29 is 9.48 Å². The molecule has 0 aliphatic carbocycles. The van der Waals surface area contributed by atoms with Crippen molar-refractivity contribution in [2.45, 2.75) is 6.54 Å². The van der Waals surface area contributed by atoms with Gasteiger partial charge < -0.3 is 16.4 Å². The van der Waals surface area contributed by atoms with Crippen LogP contribution in [0.15, 0.2) is 36.2 Å². The molecule has 2 aromatic rings. The number of hydrogen-bond donors (Lipinski definition) is 4. The normalized spacial score (nSPS) is 11.0. The number of carbonyl (C=O) groups is 1. The van der Waals surface area contributed by atoms with Crippen LogP contribution in [-0.4, -0.2) is 40.6 Å². The topological polar surface area (TPSA) is 108 Å². The molecule has 5 N–H and O–H groups in total. The number of thiazole rings is 1.